The van der Waals surface area contributed by atoms with E-state index >= 15 is 0 Å². The SMILES string of the molecule is Nc1ccc(O)cc1-c1ccc(F)cc1. The van der Waals surface area contributed by atoms with Crippen molar-refractivity contribution in [1.82, 2.24) is 0 Å². The zero-order valence-electron chi connectivity index (χ0n) is 7.94. The fourth-order valence-electron chi connectivity index (χ4n) is 1.42. The van der Waals surface area contributed by atoms with Crippen LogP contribution in [0.5, 0.6) is 5.75 Å². The average molecular weight is 203 g/mol. The molecule has 0 saturated heterocycles. The lowest BCUT2D eigenvalue weighted by molar-refractivity contribution is 0.475. The lowest BCUT2D eigenvalue weighted by Crippen LogP contribution is -1.89. The third kappa shape index (κ3) is 1.91. The van der Waals surface area contributed by atoms with Crippen LogP contribution in [0.15, 0.2) is 42.5 Å². The number of rotatable bonds is 1. The van der Waals surface area contributed by atoms with Crippen LogP contribution < -0.4 is 5.73 Å². The molecule has 3 N–H and O–H groups in total. The molecule has 0 saturated carbocycles. The Balaban J connectivity index is 2.53. The van der Waals surface area contributed by atoms with Crippen molar-refractivity contribution in [2.75, 3.05) is 5.73 Å². The van der Waals surface area contributed by atoms with Gasteiger partial charge in [-0.05, 0) is 35.9 Å². The van der Waals surface area contributed by atoms with Crippen LogP contribution in [-0.2, 0) is 0 Å². The molecular formula is C12H10FNO. The van der Waals surface area contributed by atoms with Crippen molar-refractivity contribution in [3.63, 3.8) is 0 Å². The summed E-state index contributed by atoms with van der Waals surface area (Å²) in [6.07, 6.45) is 0. The van der Waals surface area contributed by atoms with Crippen LogP contribution in [0, 0.1) is 5.82 Å². The summed E-state index contributed by atoms with van der Waals surface area (Å²) in [7, 11) is 0. The number of phenols is 1. The highest BCUT2D eigenvalue weighted by molar-refractivity contribution is 5.77. The first-order valence-electron chi connectivity index (χ1n) is 4.51. The van der Waals surface area contributed by atoms with Crippen LogP contribution in [0.2, 0.25) is 0 Å². The van der Waals surface area contributed by atoms with E-state index in [-0.39, 0.29) is 11.6 Å². The highest BCUT2D eigenvalue weighted by atomic mass is 19.1. The molecule has 0 aromatic heterocycles. The number of benzene rings is 2. The number of hydrogen-bond donors (Lipinski definition) is 2. The predicted octanol–water partition coefficient (Wildman–Crippen LogP) is 2.78. The van der Waals surface area contributed by atoms with E-state index in [9.17, 15) is 9.50 Å². The van der Waals surface area contributed by atoms with Gasteiger partial charge in [0.1, 0.15) is 11.6 Å². The summed E-state index contributed by atoms with van der Waals surface area (Å²) in [5.74, 6) is -0.152. The minimum absolute atomic E-state index is 0.142. The van der Waals surface area contributed by atoms with E-state index < -0.39 is 0 Å². The number of nitrogen functional groups attached to an aromatic ring is 1. The van der Waals surface area contributed by atoms with Gasteiger partial charge in [0.05, 0.1) is 0 Å². The number of phenolic OH excluding ortho intramolecular Hbond substituents is 1. The summed E-state index contributed by atoms with van der Waals surface area (Å²) in [6.45, 7) is 0. The van der Waals surface area contributed by atoms with Crippen molar-refractivity contribution in [3.8, 4) is 16.9 Å². The van der Waals surface area contributed by atoms with Gasteiger partial charge in [0.2, 0.25) is 0 Å². The fraction of sp³-hybridized carbons (Fsp3) is 0. The first kappa shape index (κ1) is 9.52. The second-order valence-electron chi connectivity index (χ2n) is 3.28. The van der Waals surface area contributed by atoms with E-state index in [4.69, 9.17) is 5.73 Å². The molecule has 0 unspecified atom stereocenters. The molecule has 0 aliphatic carbocycles. The molecule has 0 heterocycles. The third-order valence-corrected chi connectivity index (χ3v) is 2.19. The smallest absolute Gasteiger partial charge is 0.123 e. The summed E-state index contributed by atoms with van der Waals surface area (Å²) >= 11 is 0. The molecule has 2 nitrogen and oxygen atoms in total. The van der Waals surface area contributed by atoms with Gasteiger partial charge in [-0.15, -0.1) is 0 Å². The summed E-state index contributed by atoms with van der Waals surface area (Å²) in [4.78, 5) is 0. The molecule has 3 heteroatoms. The van der Waals surface area contributed by atoms with Gasteiger partial charge in [-0.25, -0.2) is 4.39 Å². The van der Waals surface area contributed by atoms with Crippen LogP contribution >= 0.6 is 0 Å². The van der Waals surface area contributed by atoms with Crippen LogP contribution in [-0.4, -0.2) is 5.11 Å². The van der Waals surface area contributed by atoms with E-state index in [0.717, 1.165) is 5.56 Å². The van der Waals surface area contributed by atoms with E-state index in [1.165, 1.54) is 18.2 Å². The molecule has 0 atom stereocenters. The van der Waals surface area contributed by atoms with E-state index in [1.54, 1.807) is 24.3 Å². The Hall–Kier alpha value is -2.03. The standard InChI is InChI=1S/C12H10FNO/c13-9-3-1-8(2-4-9)11-7-10(15)5-6-12(11)14/h1-7,15H,14H2. The highest BCUT2D eigenvalue weighted by Crippen LogP contribution is 2.29. The van der Waals surface area contributed by atoms with E-state index in [1.807, 2.05) is 0 Å². The number of anilines is 1. The molecule has 76 valence electrons. The zero-order valence-corrected chi connectivity index (χ0v) is 7.94. The van der Waals surface area contributed by atoms with Gasteiger partial charge < -0.3 is 10.8 Å². The zero-order chi connectivity index (χ0) is 10.8. The molecule has 2 aromatic rings. The van der Waals surface area contributed by atoms with Crippen LogP contribution in [0.4, 0.5) is 10.1 Å². The third-order valence-electron chi connectivity index (χ3n) is 2.19. The van der Waals surface area contributed by atoms with Crippen LogP contribution in [0.25, 0.3) is 11.1 Å². The van der Waals surface area contributed by atoms with Gasteiger partial charge in [0.15, 0.2) is 0 Å². The Morgan fingerprint density at radius 1 is 1.00 bits per heavy atom. The topological polar surface area (TPSA) is 46.2 Å². The molecule has 2 aromatic carbocycles. The second kappa shape index (κ2) is 3.61. The van der Waals surface area contributed by atoms with Gasteiger partial charge in [0, 0.05) is 11.3 Å². The van der Waals surface area contributed by atoms with Crippen molar-refractivity contribution < 1.29 is 9.50 Å². The second-order valence-corrected chi connectivity index (χ2v) is 3.28. The predicted molar refractivity (Wildman–Crippen MR) is 57.9 cm³/mol. The number of aromatic hydroxyl groups is 1. The Labute approximate surface area is 86.8 Å². The van der Waals surface area contributed by atoms with Crippen molar-refractivity contribution in [2.24, 2.45) is 0 Å². The normalized spacial score (nSPS) is 10.2. The van der Waals surface area contributed by atoms with Gasteiger partial charge in [0.25, 0.3) is 0 Å². The molecule has 0 aliphatic heterocycles. The molecule has 0 fully saturated rings. The van der Waals surface area contributed by atoms with Crippen molar-refractivity contribution in [3.05, 3.63) is 48.3 Å². The van der Waals surface area contributed by atoms with Crippen LogP contribution in [0.1, 0.15) is 0 Å². The summed E-state index contributed by atoms with van der Waals surface area (Å²) in [5.41, 5.74) is 7.80. The maximum absolute atomic E-state index is 12.7. The maximum atomic E-state index is 12.7. The Morgan fingerprint density at radius 2 is 1.67 bits per heavy atom. The van der Waals surface area contributed by atoms with Crippen molar-refractivity contribution in [2.45, 2.75) is 0 Å². The number of nitrogens with two attached hydrogens (primary N) is 1. The van der Waals surface area contributed by atoms with Crippen molar-refractivity contribution >= 4 is 5.69 Å². The maximum Gasteiger partial charge on any atom is 0.123 e. The molecular weight excluding hydrogens is 193 g/mol. The summed E-state index contributed by atoms with van der Waals surface area (Å²) in [5, 5.41) is 9.32. The molecule has 0 bridgehead atoms. The highest BCUT2D eigenvalue weighted by Gasteiger charge is 2.03. The van der Waals surface area contributed by atoms with Crippen molar-refractivity contribution in [1.29, 1.82) is 0 Å². The minimum Gasteiger partial charge on any atom is -0.508 e. The Morgan fingerprint density at radius 3 is 2.33 bits per heavy atom. The van der Waals surface area contributed by atoms with Gasteiger partial charge in [-0.1, -0.05) is 12.1 Å². The summed E-state index contributed by atoms with van der Waals surface area (Å²) in [6, 6.07) is 10.7. The first-order chi connectivity index (χ1) is 7.16. The molecule has 2 rings (SSSR count). The van der Waals surface area contributed by atoms with E-state index in [0.29, 0.717) is 11.3 Å². The lowest BCUT2D eigenvalue weighted by Gasteiger charge is -2.06. The number of halogens is 1. The number of hydrogen-bond acceptors (Lipinski definition) is 2. The lowest BCUT2D eigenvalue weighted by atomic mass is 10.0. The largest absolute Gasteiger partial charge is 0.508 e. The Bertz CT molecular complexity index is 479. The van der Waals surface area contributed by atoms with Gasteiger partial charge in [-0.3, -0.25) is 0 Å². The molecule has 0 aliphatic rings. The summed E-state index contributed by atoms with van der Waals surface area (Å²) < 4.78 is 12.7. The molecule has 0 spiro atoms. The first-order valence-corrected chi connectivity index (χ1v) is 4.51. The van der Waals surface area contributed by atoms with E-state index in [2.05, 4.69) is 0 Å². The van der Waals surface area contributed by atoms with Gasteiger partial charge >= 0.3 is 0 Å². The molecule has 0 amide bonds. The molecule has 0 radical (unpaired) electrons. The minimum atomic E-state index is -0.294. The monoisotopic (exact) mass is 203 g/mol. The molecule has 15 heavy (non-hydrogen) atoms. The quantitative estimate of drug-likeness (QED) is 0.553. The van der Waals surface area contributed by atoms with Gasteiger partial charge in [-0.2, -0.15) is 0 Å². The average Bonchev–Trinajstić information content (AvgIpc) is 2.23. The van der Waals surface area contributed by atoms with Crippen LogP contribution in [0.3, 0.4) is 0 Å². The fourth-order valence-corrected chi connectivity index (χ4v) is 1.42. The Kier molecular flexibility index (Phi) is 2.29.